The number of hydrogen-bond acceptors (Lipinski definition) is 3. The molecule has 0 aromatic carbocycles. The first-order valence-corrected chi connectivity index (χ1v) is 5.38. The fraction of sp³-hybridized carbons (Fsp3) is 0.364. The molecule has 1 unspecified atom stereocenters. The normalized spacial score (nSPS) is 14.2. The van der Waals surface area contributed by atoms with Crippen LogP contribution in [0.4, 0.5) is 23.7 Å². The van der Waals surface area contributed by atoms with Crippen LogP contribution in [-0.2, 0) is 4.79 Å². The molecule has 0 bridgehead atoms. The Labute approximate surface area is 112 Å². The number of carboxylic acid groups (broad SMARTS) is 1. The predicted molar refractivity (Wildman–Crippen MR) is 63.2 cm³/mol. The van der Waals surface area contributed by atoms with Gasteiger partial charge in [0.25, 0.3) is 0 Å². The van der Waals surface area contributed by atoms with Crippen LogP contribution in [-0.4, -0.2) is 33.8 Å². The second kappa shape index (κ2) is 5.35. The molecule has 0 aliphatic carbocycles. The number of aliphatic carboxylic acids is 1. The molecule has 6 nitrogen and oxygen atoms in total. The summed E-state index contributed by atoms with van der Waals surface area (Å²) in [6.07, 6.45) is -3.90. The van der Waals surface area contributed by atoms with Crippen LogP contribution in [0.3, 0.4) is 0 Å². The van der Waals surface area contributed by atoms with Gasteiger partial charge < -0.3 is 15.7 Å². The van der Waals surface area contributed by atoms with Gasteiger partial charge >= 0.3 is 18.2 Å². The Balaban J connectivity index is 2.83. The van der Waals surface area contributed by atoms with Crippen molar-refractivity contribution in [3.63, 3.8) is 0 Å². The molecule has 1 aromatic rings. The van der Waals surface area contributed by atoms with Gasteiger partial charge in [-0.3, -0.25) is 4.98 Å². The molecule has 3 N–H and O–H groups in total. The molecule has 0 fully saturated rings. The number of urea groups is 1. The molecule has 1 rings (SSSR count). The third kappa shape index (κ3) is 3.37. The smallest absolute Gasteiger partial charge is 0.422 e. The molecular formula is C11H12F3N3O3. The molecule has 0 saturated heterocycles. The van der Waals surface area contributed by atoms with Gasteiger partial charge in [-0.2, -0.15) is 13.2 Å². The highest BCUT2D eigenvalue weighted by atomic mass is 19.4. The zero-order chi connectivity index (χ0) is 15.6. The first kappa shape index (κ1) is 15.7. The minimum absolute atomic E-state index is 0.142. The highest BCUT2D eigenvalue weighted by molar-refractivity contribution is 5.94. The van der Waals surface area contributed by atoms with Crippen molar-refractivity contribution in [1.29, 1.82) is 0 Å². The number of alkyl halides is 3. The second-order valence-corrected chi connectivity index (χ2v) is 4.20. The van der Waals surface area contributed by atoms with Crippen LogP contribution >= 0.6 is 0 Å². The predicted octanol–water partition coefficient (Wildman–Crippen LogP) is 1.92. The summed E-state index contributed by atoms with van der Waals surface area (Å²) < 4.78 is 38.0. The van der Waals surface area contributed by atoms with Gasteiger partial charge in [0, 0.05) is 5.69 Å². The number of carboxylic acids is 1. The molecule has 9 heteroatoms. The number of halogens is 3. The van der Waals surface area contributed by atoms with Gasteiger partial charge in [0.1, 0.15) is 0 Å². The van der Waals surface area contributed by atoms with Gasteiger partial charge in [-0.15, -0.1) is 0 Å². The number of aryl methyl sites for hydroxylation is 1. The monoisotopic (exact) mass is 291 g/mol. The number of carbonyl (C=O) groups is 2. The van der Waals surface area contributed by atoms with Gasteiger partial charge in [0.05, 0.1) is 11.9 Å². The van der Waals surface area contributed by atoms with Crippen LogP contribution < -0.4 is 10.6 Å². The van der Waals surface area contributed by atoms with Crippen LogP contribution in [0, 0.1) is 6.92 Å². The van der Waals surface area contributed by atoms with Crippen molar-refractivity contribution in [3.05, 3.63) is 24.0 Å². The third-order valence-corrected chi connectivity index (χ3v) is 2.53. The zero-order valence-electron chi connectivity index (χ0n) is 10.6. The lowest BCUT2D eigenvalue weighted by Gasteiger charge is -2.28. The molecule has 1 atom stereocenters. The van der Waals surface area contributed by atoms with Crippen LogP contribution in [0.1, 0.15) is 12.6 Å². The fourth-order valence-corrected chi connectivity index (χ4v) is 1.18. The van der Waals surface area contributed by atoms with Gasteiger partial charge in [-0.25, -0.2) is 9.59 Å². The van der Waals surface area contributed by atoms with Crippen LogP contribution in [0.2, 0.25) is 0 Å². The molecule has 1 heterocycles. The third-order valence-electron chi connectivity index (χ3n) is 2.53. The average Bonchev–Trinajstić information content (AvgIpc) is 2.30. The Bertz CT molecular complexity index is 516. The van der Waals surface area contributed by atoms with Crippen LogP contribution in [0.15, 0.2) is 18.3 Å². The Kier molecular flexibility index (Phi) is 4.21. The minimum Gasteiger partial charge on any atom is -0.479 e. The number of amides is 2. The number of pyridine rings is 1. The maximum Gasteiger partial charge on any atom is 0.422 e. The summed E-state index contributed by atoms with van der Waals surface area (Å²) in [5.41, 5.74) is -2.58. The first-order chi connectivity index (χ1) is 9.06. The van der Waals surface area contributed by atoms with E-state index in [1.165, 1.54) is 23.6 Å². The minimum atomic E-state index is -5.14. The van der Waals surface area contributed by atoms with Crippen molar-refractivity contribution in [2.24, 2.45) is 0 Å². The number of aromatic nitrogens is 1. The molecule has 0 saturated carbocycles. The number of hydrogen-bond donors (Lipinski definition) is 3. The summed E-state index contributed by atoms with van der Waals surface area (Å²) in [6.45, 7) is 2.05. The maximum atomic E-state index is 12.7. The molecule has 2 amide bonds. The standard InChI is InChI=1S/C11H12F3N3O3/c1-6-3-4-7(5-15-6)16-9(20)17-10(2,8(18)19)11(12,13)14/h3-5H,1-2H3,(H,18,19)(H2,16,17,20). The van der Waals surface area contributed by atoms with Gasteiger partial charge in [-0.05, 0) is 26.0 Å². The van der Waals surface area contributed by atoms with Crippen molar-refractivity contribution < 1.29 is 27.9 Å². The molecule has 110 valence electrons. The van der Waals surface area contributed by atoms with Crippen LogP contribution in [0.25, 0.3) is 0 Å². The Morgan fingerprint density at radius 3 is 2.30 bits per heavy atom. The van der Waals surface area contributed by atoms with E-state index in [0.717, 1.165) is 0 Å². The summed E-state index contributed by atoms with van der Waals surface area (Å²) in [5.74, 6) is -2.21. The van der Waals surface area contributed by atoms with Crippen LogP contribution in [0.5, 0.6) is 0 Å². The van der Waals surface area contributed by atoms with E-state index in [4.69, 9.17) is 5.11 Å². The fourth-order valence-electron chi connectivity index (χ4n) is 1.18. The summed E-state index contributed by atoms with van der Waals surface area (Å²) in [7, 11) is 0. The molecule has 20 heavy (non-hydrogen) atoms. The van der Waals surface area contributed by atoms with Gasteiger partial charge in [-0.1, -0.05) is 0 Å². The summed E-state index contributed by atoms with van der Waals surface area (Å²) in [4.78, 5) is 26.0. The number of nitrogens with one attached hydrogen (secondary N) is 2. The van der Waals surface area contributed by atoms with E-state index in [9.17, 15) is 22.8 Å². The molecule has 0 radical (unpaired) electrons. The zero-order valence-corrected chi connectivity index (χ0v) is 10.6. The van der Waals surface area contributed by atoms with E-state index >= 15 is 0 Å². The highest BCUT2D eigenvalue weighted by Gasteiger charge is 2.58. The molecule has 0 aliphatic rings. The summed E-state index contributed by atoms with van der Waals surface area (Å²) >= 11 is 0. The Hall–Kier alpha value is -2.32. The van der Waals surface area contributed by atoms with Gasteiger partial charge in [0.15, 0.2) is 0 Å². The first-order valence-electron chi connectivity index (χ1n) is 5.38. The molecule has 0 aliphatic heterocycles. The van der Waals surface area contributed by atoms with Crippen molar-refractivity contribution in [3.8, 4) is 0 Å². The average molecular weight is 291 g/mol. The van der Waals surface area contributed by atoms with Crippen molar-refractivity contribution in [1.82, 2.24) is 10.3 Å². The van der Waals surface area contributed by atoms with E-state index < -0.39 is 23.7 Å². The highest BCUT2D eigenvalue weighted by Crippen LogP contribution is 2.30. The lowest BCUT2D eigenvalue weighted by molar-refractivity contribution is -0.203. The lowest BCUT2D eigenvalue weighted by Crippen LogP contribution is -2.62. The van der Waals surface area contributed by atoms with E-state index in [1.807, 2.05) is 0 Å². The Morgan fingerprint density at radius 1 is 1.30 bits per heavy atom. The van der Waals surface area contributed by atoms with Crippen molar-refractivity contribution in [2.45, 2.75) is 25.6 Å². The number of rotatable bonds is 3. The number of nitrogens with zero attached hydrogens (tertiary/aromatic N) is 1. The molecular weight excluding hydrogens is 279 g/mol. The molecule has 1 aromatic heterocycles. The van der Waals surface area contributed by atoms with E-state index in [0.29, 0.717) is 12.6 Å². The summed E-state index contributed by atoms with van der Waals surface area (Å²) in [6, 6.07) is 1.67. The van der Waals surface area contributed by atoms with Gasteiger partial charge in [0.2, 0.25) is 5.54 Å². The largest absolute Gasteiger partial charge is 0.479 e. The van der Waals surface area contributed by atoms with E-state index in [1.54, 1.807) is 6.92 Å². The van der Waals surface area contributed by atoms with Crippen molar-refractivity contribution >= 4 is 17.7 Å². The summed E-state index contributed by atoms with van der Waals surface area (Å²) in [5, 5.41) is 12.1. The number of carbonyl (C=O) groups excluding carboxylic acids is 1. The quantitative estimate of drug-likeness (QED) is 0.793. The topological polar surface area (TPSA) is 91.3 Å². The van der Waals surface area contributed by atoms with Crippen molar-refractivity contribution in [2.75, 3.05) is 5.32 Å². The van der Waals surface area contributed by atoms with E-state index in [-0.39, 0.29) is 5.69 Å². The SMILES string of the molecule is Cc1ccc(NC(=O)NC(C)(C(=O)O)C(F)(F)F)cn1. The van der Waals surface area contributed by atoms with E-state index in [2.05, 4.69) is 10.3 Å². The Morgan fingerprint density at radius 2 is 1.90 bits per heavy atom. The number of anilines is 1. The molecule has 0 spiro atoms. The second-order valence-electron chi connectivity index (χ2n) is 4.20. The maximum absolute atomic E-state index is 12.7. The lowest BCUT2D eigenvalue weighted by atomic mass is 10.0.